The van der Waals surface area contributed by atoms with Crippen molar-refractivity contribution in [3.63, 3.8) is 0 Å². The van der Waals surface area contributed by atoms with Crippen LogP contribution in [0.3, 0.4) is 0 Å². The van der Waals surface area contributed by atoms with Gasteiger partial charge in [-0.2, -0.15) is 0 Å². The van der Waals surface area contributed by atoms with Gasteiger partial charge in [0.1, 0.15) is 6.04 Å². The molecule has 2 heterocycles. The average Bonchev–Trinajstić information content (AvgIpc) is 3.14. The Morgan fingerprint density at radius 1 is 1.04 bits per heavy atom. The molecule has 4 nitrogen and oxygen atoms in total. The van der Waals surface area contributed by atoms with Crippen LogP contribution in [0.4, 0.5) is 0 Å². The van der Waals surface area contributed by atoms with Crippen LogP contribution in [0.1, 0.15) is 48.4 Å². The summed E-state index contributed by atoms with van der Waals surface area (Å²) >= 11 is 0. The lowest BCUT2D eigenvalue weighted by Gasteiger charge is -2.46. The zero-order valence-electron chi connectivity index (χ0n) is 16.2. The Bertz CT molecular complexity index is 1000. The van der Waals surface area contributed by atoms with Gasteiger partial charge in [-0.3, -0.25) is 10.1 Å². The SMILES string of the molecule is COC(=O)[C@@H]1Cc2c([nH]c3ccccc23)C2(CCC(c3ccccc3)CC2)N1. The van der Waals surface area contributed by atoms with Crippen molar-refractivity contribution >= 4 is 16.9 Å². The largest absolute Gasteiger partial charge is 0.468 e. The minimum absolute atomic E-state index is 0.166. The summed E-state index contributed by atoms with van der Waals surface area (Å²) in [7, 11) is 1.48. The molecule has 2 N–H and O–H groups in total. The maximum absolute atomic E-state index is 12.5. The average molecular weight is 374 g/mol. The molecule has 1 saturated carbocycles. The quantitative estimate of drug-likeness (QED) is 0.654. The number of fused-ring (bicyclic) bond motifs is 4. The first-order chi connectivity index (χ1) is 13.7. The van der Waals surface area contributed by atoms with Crippen LogP contribution in [-0.2, 0) is 21.5 Å². The third-order valence-electron chi connectivity index (χ3n) is 6.75. The van der Waals surface area contributed by atoms with E-state index in [9.17, 15) is 4.79 Å². The molecule has 0 saturated heterocycles. The van der Waals surface area contributed by atoms with Crippen LogP contribution in [0.2, 0.25) is 0 Å². The van der Waals surface area contributed by atoms with E-state index in [4.69, 9.17) is 4.74 Å². The highest BCUT2D eigenvalue weighted by Crippen LogP contribution is 2.47. The second-order valence-electron chi connectivity index (χ2n) is 8.22. The predicted octanol–water partition coefficient (Wildman–Crippen LogP) is 4.41. The van der Waals surface area contributed by atoms with Crippen molar-refractivity contribution in [1.29, 1.82) is 0 Å². The fourth-order valence-corrected chi connectivity index (χ4v) is 5.33. The highest BCUT2D eigenvalue weighted by molar-refractivity contribution is 5.87. The third kappa shape index (κ3) is 2.75. The number of aromatic amines is 1. The van der Waals surface area contributed by atoms with Crippen molar-refractivity contribution < 1.29 is 9.53 Å². The molecule has 0 bridgehead atoms. The number of nitrogens with one attached hydrogen (secondary N) is 2. The van der Waals surface area contributed by atoms with Gasteiger partial charge < -0.3 is 9.72 Å². The fourth-order valence-electron chi connectivity index (χ4n) is 5.33. The topological polar surface area (TPSA) is 54.1 Å². The number of hydrogen-bond acceptors (Lipinski definition) is 3. The fraction of sp³-hybridized carbons (Fsp3) is 0.375. The minimum Gasteiger partial charge on any atom is -0.468 e. The molecular weight excluding hydrogens is 348 g/mol. The molecule has 1 aliphatic carbocycles. The lowest BCUT2D eigenvalue weighted by molar-refractivity contribution is -0.144. The zero-order chi connectivity index (χ0) is 19.1. The summed E-state index contributed by atoms with van der Waals surface area (Å²) in [5.74, 6) is 0.417. The number of benzene rings is 2. The number of hydrogen-bond donors (Lipinski definition) is 2. The number of ether oxygens (including phenoxy) is 1. The molecule has 0 radical (unpaired) electrons. The number of carbonyl (C=O) groups excluding carboxylic acids is 1. The number of aromatic nitrogens is 1. The van der Waals surface area contributed by atoms with Gasteiger partial charge in [0.2, 0.25) is 0 Å². The van der Waals surface area contributed by atoms with Gasteiger partial charge in [-0.05, 0) is 48.8 Å². The summed E-state index contributed by atoms with van der Waals surface area (Å²) in [5, 5.41) is 4.94. The molecule has 5 rings (SSSR count). The van der Waals surface area contributed by atoms with Crippen molar-refractivity contribution in [2.45, 2.75) is 49.6 Å². The van der Waals surface area contributed by atoms with Crippen LogP contribution in [0.15, 0.2) is 54.6 Å². The predicted molar refractivity (Wildman–Crippen MR) is 110 cm³/mol. The van der Waals surface area contributed by atoms with Gasteiger partial charge in [-0.25, -0.2) is 0 Å². The Kier molecular flexibility index (Phi) is 4.24. The van der Waals surface area contributed by atoms with E-state index in [1.807, 2.05) is 0 Å². The lowest BCUT2D eigenvalue weighted by atomic mass is 9.69. The second kappa shape index (κ2) is 6.78. The van der Waals surface area contributed by atoms with E-state index in [0.717, 1.165) is 31.2 Å². The number of carbonyl (C=O) groups is 1. The summed E-state index contributed by atoms with van der Waals surface area (Å²) in [6, 6.07) is 18.9. The van der Waals surface area contributed by atoms with Crippen LogP contribution < -0.4 is 5.32 Å². The molecule has 1 aliphatic heterocycles. The van der Waals surface area contributed by atoms with E-state index >= 15 is 0 Å². The van der Waals surface area contributed by atoms with E-state index in [0.29, 0.717) is 12.3 Å². The van der Waals surface area contributed by atoms with E-state index in [1.165, 1.54) is 29.3 Å². The van der Waals surface area contributed by atoms with Gasteiger partial charge in [-0.1, -0.05) is 48.5 Å². The van der Waals surface area contributed by atoms with E-state index in [1.54, 1.807) is 0 Å². The molecule has 1 atom stereocenters. The molecule has 1 aromatic heterocycles. The van der Waals surface area contributed by atoms with E-state index in [2.05, 4.69) is 64.9 Å². The smallest absolute Gasteiger partial charge is 0.323 e. The second-order valence-corrected chi connectivity index (χ2v) is 8.22. The Labute approximate surface area is 165 Å². The molecule has 0 amide bonds. The number of rotatable bonds is 2. The molecule has 2 aromatic carbocycles. The zero-order valence-corrected chi connectivity index (χ0v) is 16.2. The first kappa shape index (κ1) is 17.5. The Balaban J connectivity index is 1.53. The van der Waals surface area contributed by atoms with Crippen molar-refractivity contribution in [2.24, 2.45) is 0 Å². The molecule has 1 spiro atoms. The molecule has 4 heteroatoms. The Morgan fingerprint density at radius 3 is 2.50 bits per heavy atom. The van der Waals surface area contributed by atoms with E-state index in [-0.39, 0.29) is 17.6 Å². The maximum Gasteiger partial charge on any atom is 0.323 e. The van der Waals surface area contributed by atoms with Gasteiger partial charge >= 0.3 is 5.97 Å². The minimum atomic E-state index is -0.287. The summed E-state index contributed by atoms with van der Waals surface area (Å²) in [5.41, 5.74) is 4.96. The van der Waals surface area contributed by atoms with Gasteiger partial charge in [0.25, 0.3) is 0 Å². The molecule has 3 aromatic rings. The molecular formula is C24H26N2O2. The van der Waals surface area contributed by atoms with Crippen LogP contribution in [0, 0.1) is 0 Å². The van der Waals surface area contributed by atoms with Gasteiger partial charge in [0.05, 0.1) is 12.6 Å². The van der Waals surface area contributed by atoms with Gasteiger partial charge in [0, 0.05) is 23.0 Å². The van der Waals surface area contributed by atoms with Crippen molar-refractivity contribution in [3.05, 3.63) is 71.4 Å². The van der Waals surface area contributed by atoms with Crippen LogP contribution in [0.25, 0.3) is 10.9 Å². The first-order valence-corrected chi connectivity index (χ1v) is 10.2. The molecule has 2 aliphatic rings. The van der Waals surface area contributed by atoms with Gasteiger partial charge in [-0.15, -0.1) is 0 Å². The third-order valence-corrected chi connectivity index (χ3v) is 6.75. The number of methoxy groups -OCH3 is 1. The first-order valence-electron chi connectivity index (χ1n) is 10.2. The maximum atomic E-state index is 12.5. The van der Waals surface area contributed by atoms with Crippen molar-refractivity contribution in [3.8, 4) is 0 Å². The lowest BCUT2D eigenvalue weighted by Crippen LogP contribution is -2.57. The summed E-state index contributed by atoms with van der Waals surface area (Å²) < 4.78 is 5.11. The highest BCUT2D eigenvalue weighted by Gasteiger charge is 2.46. The molecule has 0 unspecified atom stereocenters. The van der Waals surface area contributed by atoms with Gasteiger partial charge in [0.15, 0.2) is 0 Å². The monoisotopic (exact) mass is 374 g/mol. The van der Waals surface area contributed by atoms with Crippen LogP contribution >= 0.6 is 0 Å². The number of para-hydroxylation sites is 1. The van der Waals surface area contributed by atoms with E-state index < -0.39 is 0 Å². The Morgan fingerprint density at radius 2 is 1.75 bits per heavy atom. The van der Waals surface area contributed by atoms with Crippen molar-refractivity contribution in [1.82, 2.24) is 10.3 Å². The Hall–Kier alpha value is -2.59. The summed E-state index contributed by atoms with van der Waals surface area (Å²) in [4.78, 5) is 16.1. The molecule has 144 valence electrons. The standard InChI is InChI=1S/C24H26N2O2/c1-28-23(27)21-15-19-18-9-5-6-10-20(18)25-22(19)24(26-21)13-11-17(12-14-24)16-7-3-2-4-8-16/h2-10,17,21,25-26H,11-15H2,1H3/t17?,21-,24?/m0/s1. The summed E-state index contributed by atoms with van der Waals surface area (Å²) in [6.07, 6.45) is 4.93. The highest BCUT2D eigenvalue weighted by atomic mass is 16.5. The molecule has 28 heavy (non-hydrogen) atoms. The van der Waals surface area contributed by atoms with Crippen LogP contribution in [-0.4, -0.2) is 24.1 Å². The normalized spacial score (nSPS) is 26.9. The number of esters is 1. The van der Waals surface area contributed by atoms with Crippen molar-refractivity contribution in [2.75, 3.05) is 7.11 Å². The number of H-pyrrole nitrogens is 1. The summed E-state index contributed by atoms with van der Waals surface area (Å²) in [6.45, 7) is 0. The molecule has 1 fully saturated rings. The van der Waals surface area contributed by atoms with Crippen LogP contribution in [0.5, 0.6) is 0 Å².